The maximum absolute atomic E-state index is 14.2. The molecule has 2 heterocycles. The quantitative estimate of drug-likeness (QED) is 0.502. The van der Waals surface area contributed by atoms with Crippen molar-refractivity contribution in [1.82, 2.24) is 14.7 Å². The Labute approximate surface area is 216 Å². The van der Waals surface area contributed by atoms with Gasteiger partial charge < -0.3 is 19.8 Å². The van der Waals surface area contributed by atoms with E-state index in [0.717, 1.165) is 22.5 Å². The van der Waals surface area contributed by atoms with E-state index in [1.165, 1.54) is 4.90 Å². The highest BCUT2D eigenvalue weighted by molar-refractivity contribution is 5.97. The van der Waals surface area contributed by atoms with Crippen LogP contribution in [0.4, 0.5) is 0 Å². The van der Waals surface area contributed by atoms with E-state index >= 15 is 0 Å². The largest absolute Gasteiger partial charge is 0.480 e. The third-order valence-electron chi connectivity index (χ3n) is 7.15. The second-order valence-corrected chi connectivity index (χ2v) is 9.50. The van der Waals surface area contributed by atoms with Crippen molar-refractivity contribution in [1.29, 1.82) is 0 Å². The molecule has 2 aliphatic rings. The lowest BCUT2D eigenvalue weighted by molar-refractivity contribution is -0.150. The van der Waals surface area contributed by atoms with Crippen molar-refractivity contribution in [2.75, 3.05) is 26.8 Å². The molecule has 1 unspecified atom stereocenters. The number of carboxylic acid groups (broad SMARTS) is 1. The third-order valence-corrected chi connectivity index (χ3v) is 7.15. The van der Waals surface area contributed by atoms with E-state index in [2.05, 4.69) is 0 Å². The minimum absolute atomic E-state index is 0.0209. The summed E-state index contributed by atoms with van der Waals surface area (Å²) in [7, 11) is 1.90. The molecule has 3 aromatic rings. The van der Waals surface area contributed by atoms with Crippen LogP contribution in [-0.4, -0.2) is 70.3 Å². The van der Waals surface area contributed by atoms with E-state index in [9.17, 15) is 19.5 Å². The number of ketones is 1. The molecule has 0 spiro atoms. The Balaban J connectivity index is 1.48. The third kappa shape index (κ3) is 4.85. The molecule has 0 aliphatic carbocycles. The van der Waals surface area contributed by atoms with Crippen molar-refractivity contribution in [3.05, 3.63) is 119 Å². The number of hydrogen-bond acceptors (Lipinski definition) is 5. The first kappa shape index (κ1) is 24.3. The summed E-state index contributed by atoms with van der Waals surface area (Å²) in [5.74, 6) is -1.95. The number of carbonyl (C=O) groups excluding carboxylic acids is 2. The predicted molar refractivity (Wildman–Crippen MR) is 140 cm³/mol. The highest BCUT2D eigenvalue weighted by Gasteiger charge is 2.43. The molecule has 188 valence electrons. The molecule has 5 rings (SSSR count). The van der Waals surface area contributed by atoms with E-state index < -0.39 is 17.9 Å². The van der Waals surface area contributed by atoms with Crippen LogP contribution in [0, 0.1) is 0 Å². The molecule has 3 aromatic carbocycles. The first-order chi connectivity index (χ1) is 17.9. The minimum atomic E-state index is -1.04. The summed E-state index contributed by atoms with van der Waals surface area (Å²) in [6.07, 6.45) is 0.194. The normalized spacial score (nSPS) is 17.2. The molecule has 37 heavy (non-hydrogen) atoms. The van der Waals surface area contributed by atoms with Crippen LogP contribution in [0.25, 0.3) is 0 Å². The molecule has 0 bridgehead atoms. The van der Waals surface area contributed by atoms with Crippen molar-refractivity contribution in [2.24, 2.45) is 0 Å². The lowest BCUT2D eigenvalue weighted by Crippen LogP contribution is -2.51. The number of benzene rings is 3. The number of carbonyl (C=O) groups is 3. The number of Topliss-reactive ketones (excluding diaryl/α,β-unsaturated/α-hetero) is 1. The molecule has 0 saturated carbocycles. The number of carboxylic acids is 1. The van der Waals surface area contributed by atoms with Gasteiger partial charge in [0.15, 0.2) is 5.78 Å². The van der Waals surface area contributed by atoms with Crippen LogP contribution in [0.3, 0.4) is 0 Å². The maximum Gasteiger partial charge on any atom is 0.326 e. The van der Waals surface area contributed by atoms with Crippen LogP contribution >= 0.6 is 0 Å². The number of amides is 1. The number of aliphatic carboxylic acids is 1. The number of nitrogens with zero attached hydrogens (tertiary/aromatic N) is 3. The first-order valence-electron chi connectivity index (χ1n) is 12.3. The average molecular weight is 496 g/mol. The number of hydrogen-bond donors (Lipinski definition) is 1. The zero-order valence-electron chi connectivity index (χ0n) is 20.7. The Morgan fingerprint density at radius 3 is 1.92 bits per heavy atom. The second kappa shape index (κ2) is 10.3. The Kier molecular flexibility index (Phi) is 6.77. The van der Waals surface area contributed by atoms with Gasteiger partial charge in [0.05, 0.1) is 31.4 Å². The molecular formula is C30H29N3O4. The van der Waals surface area contributed by atoms with E-state index in [1.807, 2.05) is 95.7 Å². The van der Waals surface area contributed by atoms with Gasteiger partial charge in [0.2, 0.25) is 5.91 Å². The lowest BCUT2D eigenvalue weighted by atomic mass is 9.88. The zero-order valence-corrected chi connectivity index (χ0v) is 20.7. The summed E-state index contributed by atoms with van der Waals surface area (Å²) in [6.45, 7) is 0.764. The van der Waals surface area contributed by atoms with Gasteiger partial charge in [0.25, 0.3) is 0 Å². The fourth-order valence-electron chi connectivity index (χ4n) is 5.28. The zero-order chi connectivity index (χ0) is 25.9. The molecule has 1 amide bonds. The molecule has 1 atom stereocenters. The molecule has 7 nitrogen and oxygen atoms in total. The minimum Gasteiger partial charge on any atom is -0.480 e. The first-order valence-corrected chi connectivity index (χ1v) is 12.3. The smallest absolute Gasteiger partial charge is 0.326 e. The second-order valence-electron chi connectivity index (χ2n) is 9.50. The van der Waals surface area contributed by atoms with Gasteiger partial charge in [-0.1, -0.05) is 91.0 Å². The topological polar surface area (TPSA) is 81.2 Å². The van der Waals surface area contributed by atoms with Gasteiger partial charge in [-0.3, -0.25) is 9.59 Å². The van der Waals surface area contributed by atoms with Crippen molar-refractivity contribution in [2.45, 2.75) is 18.4 Å². The lowest BCUT2D eigenvalue weighted by Gasteiger charge is -2.38. The summed E-state index contributed by atoms with van der Waals surface area (Å²) in [6, 6.07) is 27.0. The van der Waals surface area contributed by atoms with Gasteiger partial charge in [-0.25, -0.2) is 4.79 Å². The van der Waals surface area contributed by atoms with E-state index in [1.54, 1.807) is 12.1 Å². The van der Waals surface area contributed by atoms with Crippen LogP contribution in [-0.2, 0) is 9.59 Å². The van der Waals surface area contributed by atoms with Gasteiger partial charge in [0.1, 0.15) is 6.04 Å². The highest BCUT2D eigenvalue weighted by Crippen LogP contribution is 2.36. The molecular weight excluding hydrogens is 466 g/mol. The average Bonchev–Trinajstić information content (AvgIpc) is 3.23. The van der Waals surface area contributed by atoms with E-state index in [0.29, 0.717) is 12.2 Å². The van der Waals surface area contributed by atoms with E-state index in [4.69, 9.17) is 0 Å². The van der Waals surface area contributed by atoms with Crippen LogP contribution in [0.15, 0.2) is 102 Å². The van der Waals surface area contributed by atoms with Gasteiger partial charge in [-0.15, -0.1) is 0 Å². The fraction of sp³-hybridized carbons (Fsp3) is 0.233. The molecule has 0 fully saturated rings. The fourth-order valence-corrected chi connectivity index (χ4v) is 5.28. The standard InChI is InChI=1S/C30H29N3O4/c1-31-20-32(19-27(34)21-11-5-2-6-12-21)26-18-33(25(30(36)37)17-24(26)31)29(35)28(22-13-7-3-8-14-22)23-15-9-4-10-16-23/h2-16,25,28H,17-20H2,1H3,(H,36,37). The molecule has 1 N–H and O–H groups in total. The van der Waals surface area contributed by atoms with Crippen LogP contribution < -0.4 is 0 Å². The van der Waals surface area contributed by atoms with Gasteiger partial charge in [0, 0.05) is 24.7 Å². The summed E-state index contributed by atoms with van der Waals surface area (Å²) in [5.41, 5.74) is 3.94. The molecule has 0 aromatic heterocycles. The maximum atomic E-state index is 14.2. The highest BCUT2D eigenvalue weighted by atomic mass is 16.4. The van der Waals surface area contributed by atoms with Gasteiger partial charge in [-0.2, -0.15) is 0 Å². The van der Waals surface area contributed by atoms with Crippen LogP contribution in [0.2, 0.25) is 0 Å². The Morgan fingerprint density at radius 2 is 1.38 bits per heavy atom. The number of rotatable bonds is 7. The SMILES string of the molecule is CN1CN(CC(=O)c2ccccc2)C2=C1CC(C(=O)O)N(C(=O)C(c1ccccc1)c1ccccc1)C2. The van der Waals surface area contributed by atoms with Crippen molar-refractivity contribution in [3.63, 3.8) is 0 Å². The van der Waals surface area contributed by atoms with E-state index in [-0.39, 0.29) is 31.2 Å². The molecule has 0 saturated heterocycles. The Hall–Kier alpha value is -4.39. The van der Waals surface area contributed by atoms with Gasteiger partial charge in [-0.05, 0) is 11.1 Å². The van der Waals surface area contributed by atoms with Crippen LogP contribution in [0.1, 0.15) is 33.8 Å². The molecule has 2 aliphatic heterocycles. The summed E-state index contributed by atoms with van der Waals surface area (Å²) >= 11 is 0. The van der Waals surface area contributed by atoms with Crippen LogP contribution in [0.5, 0.6) is 0 Å². The van der Waals surface area contributed by atoms with Crippen molar-refractivity contribution >= 4 is 17.7 Å². The summed E-state index contributed by atoms with van der Waals surface area (Å²) in [5, 5.41) is 10.1. The summed E-state index contributed by atoms with van der Waals surface area (Å²) in [4.78, 5) is 45.0. The summed E-state index contributed by atoms with van der Waals surface area (Å²) < 4.78 is 0. The Morgan fingerprint density at radius 1 is 0.838 bits per heavy atom. The predicted octanol–water partition coefficient (Wildman–Crippen LogP) is 3.80. The van der Waals surface area contributed by atoms with Crippen molar-refractivity contribution < 1.29 is 19.5 Å². The van der Waals surface area contributed by atoms with Crippen molar-refractivity contribution in [3.8, 4) is 0 Å². The van der Waals surface area contributed by atoms with Gasteiger partial charge >= 0.3 is 5.97 Å². The molecule has 7 heteroatoms. The molecule has 0 radical (unpaired) electrons. The monoisotopic (exact) mass is 495 g/mol. The Bertz CT molecular complexity index is 1290.